The minimum atomic E-state index is 0. The van der Waals surface area contributed by atoms with Gasteiger partial charge in [0, 0.05) is 19.6 Å². The molecule has 0 bridgehead atoms. The Morgan fingerprint density at radius 1 is 1.36 bits per heavy atom. The monoisotopic (exact) mass is 463 g/mol. The zero-order valence-electron chi connectivity index (χ0n) is 16.1. The van der Waals surface area contributed by atoms with Crippen LogP contribution in [-0.2, 0) is 6.54 Å². The Hall–Kier alpha value is -0.830. The van der Waals surface area contributed by atoms with E-state index in [0.29, 0.717) is 12.4 Å². The number of likely N-dealkylation sites (tertiary alicyclic amines) is 1. The van der Waals surface area contributed by atoms with Gasteiger partial charge in [-0.2, -0.15) is 0 Å². The second kappa shape index (κ2) is 11.7. The third-order valence-corrected chi connectivity index (χ3v) is 4.47. The lowest BCUT2D eigenvalue weighted by atomic mass is 10.0. The van der Waals surface area contributed by atoms with Crippen molar-refractivity contribution in [3.63, 3.8) is 0 Å². The Morgan fingerprint density at radius 2 is 2.16 bits per heavy atom. The van der Waals surface area contributed by atoms with Gasteiger partial charge in [0.15, 0.2) is 5.96 Å². The second-order valence-electron chi connectivity index (χ2n) is 6.77. The summed E-state index contributed by atoms with van der Waals surface area (Å²) in [5.41, 5.74) is 0.939. The van der Waals surface area contributed by atoms with Crippen LogP contribution in [0.25, 0.3) is 0 Å². The van der Waals surface area contributed by atoms with Crippen LogP contribution < -0.4 is 10.6 Å². The van der Waals surface area contributed by atoms with Gasteiger partial charge in [0.05, 0.1) is 5.69 Å². The molecule has 0 aliphatic carbocycles. The maximum absolute atomic E-state index is 5.58. The zero-order chi connectivity index (χ0) is 17.4. The third-order valence-electron chi connectivity index (χ3n) is 4.47. The van der Waals surface area contributed by atoms with Crippen molar-refractivity contribution >= 4 is 29.9 Å². The van der Waals surface area contributed by atoms with E-state index >= 15 is 0 Å². The van der Waals surface area contributed by atoms with Crippen LogP contribution in [0.1, 0.15) is 50.5 Å². The highest BCUT2D eigenvalue weighted by Crippen LogP contribution is 2.15. The van der Waals surface area contributed by atoms with Gasteiger partial charge in [-0.25, -0.2) is 9.98 Å². The van der Waals surface area contributed by atoms with Crippen LogP contribution in [0.2, 0.25) is 0 Å². The Kier molecular flexibility index (Phi) is 10.4. The lowest BCUT2D eigenvalue weighted by molar-refractivity contribution is 0.182. The summed E-state index contributed by atoms with van der Waals surface area (Å²) < 4.78 is 5.58. The molecular formula is C18H34IN5O. The first kappa shape index (κ1) is 22.2. The number of guanidine groups is 1. The number of aromatic nitrogens is 1. The van der Waals surface area contributed by atoms with Crippen LogP contribution in [0.3, 0.4) is 0 Å². The van der Waals surface area contributed by atoms with E-state index in [0.717, 1.165) is 49.4 Å². The van der Waals surface area contributed by atoms with Crippen molar-refractivity contribution in [2.75, 3.05) is 32.7 Å². The Morgan fingerprint density at radius 3 is 2.80 bits per heavy atom. The molecule has 1 fully saturated rings. The molecule has 2 rings (SSSR count). The molecule has 1 aliphatic rings. The number of aliphatic imine (C=N–C) groups is 1. The molecule has 1 aliphatic heterocycles. The molecule has 25 heavy (non-hydrogen) atoms. The summed E-state index contributed by atoms with van der Waals surface area (Å²) in [6.07, 6.45) is 3.85. The van der Waals surface area contributed by atoms with Crippen molar-refractivity contribution in [1.82, 2.24) is 20.5 Å². The maximum atomic E-state index is 5.58. The van der Waals surface area contributed by atoms with E-state index in [9.17, 15) is 0 Å². The molecule has 1 unspecified atom stereocenters. The maximum Gasteiger partial charge on any atom is 0.216 e. The number of nitrogens with one attached hydrogen (secondary N) is 2. The van der Waals surface area contributed by atoms with E-state index in [1.54, 1.807) is 0 Å². The van der Waals surface area contributed by atoms with Crippen LogP contribution in [0.15, 0.2) is 9.41 Å². The topological polar surface area (TPSA) is 65.7 Å². The fourth-order valence-electron chi connectivity index (χ4n) is 3.09. The number of hydrogen-bond donors (Lipinski definition) is 2. The standard InChI is InChI=1S/C18H33N5O.HI/c1-5-19-18(21-12-17-22-15(3)16(4)24-17)20-9-7-11-23-10-6-8-14(2)13-23;/h14H,5-13H2,1-4H3,(H2,19,20,21);1H. The number of aryl methyl sites for hydroxylation is 2. The van der Waals surface area contributed by atoms with Crippen LogP contribution in [-0.4, -0.2) is 48.6 Å². The van der Waals surface area contributed by atoms with E-state index in [1.165, 1.54) is 25.9 Å². The Labute approximate surface area is 169 Å². The van der Waals surface area contributed by atoms with Crippen molar-refractivity contribution in [3.05, 3.63) is 17.3 Å². The van der Waals surface area contributed by atoms with Crippen LogP contribution >= 0.6 is 24.0 Å². The van der Waals surface area contributed by atoms with Gasteiger partial charge < -0.3 is 20.0 Å². The summed E-state index contributed by atoms with van der Waals surface area (Å²) in [7, 11) is 0. The molecule has 2 heterocycles. The highest BCUT2D eigenvalue weighted by Gasteiger charge is 2.15. The lowest BCUT2D eigenvalue weighted by Gasteiger charge is -2.30. The number of halogens is 1. The minimum absolute atomic E-state index is 0. The molecule has 7 heteroatoms. The third kappa shape index (κ3) is 7.94. The molecule has 144 valence electrons. The zero-order valence-corrected chi connectivity index (χ0v) is 18.4. The quantitative estimate of drug-likeness (QED) is 0.282. The molecule has 0 aromatic carbocycles. The molecule has 6 nitrogen and oxygen atoms in total. The fourth-order valence-corrected chi connectivity index (χ4v) is 3.09. The minimum Gasteiger partial charge on any atom is -0.444 e. The van der Waals surface area contributed by atoms with Gasteiger partial charge in [0.25, 0.3) is 0 Å². The predicted octanol–water partition coefficient (Wildman–Crippen LogP) is 3.09. The normalized spacial score (nSPS) is 18.7. The molecule has 1 aromatic rings. The highest BCUT2D eigenvalue weighted by atomic mass is 127. The van der Waals surface area contributed by atoms with Gasteiger partial charge in [0.2, 0.25) is 5.89 Å². The summed E-state index contributed by atoms with van der Waals surface area (Å²) in [4.78, 5) is 11.5. The van der Waals surface area contributed by atoms with E-state index < -0.39 is 0 Å². The number of oxazole rings is 1. The Balaban J connectivity index is 0.00000312. The van der Waals surface area contributed by atoms with E-state index in [1.807, 2.05) is 13.8 Å². The summed E-state index contributed by atoms with van der Waals surface area (Å²) in [6.45, 7) is 14.2. The summed E-state index contributed by atoms with van der Waals surface area (Å²) >= 11 is 0. The second-order valence-corrected chi connectivity index (χ2v) is 6.77. The molecule has 0 spiro atoms. The largest absolute Gasteiger partial charge is 0.444 e. The van der Waals surface area contributed by atoms with E-state index in [4.69, 9.17) is 4.42 Å². The number of nitrogens with zero attached hydrogens (tertiary/aromatic N) is 3. The van der Waals surface area contributed by atoms with Gasteiger partial charge in [-0.15, -0.1) is 24.0 Å². The predicted molar refractivity (Wildman–Crippen MR) is 114 cm³/mol. The van der Waals surface area contributed by atoms with Gasteiger partial charge >= 0.3 is 0 Å². The van der Waals surface area contributed by atoms with Crippen molar-refractivity contribution in [1.29, 1.82) is 0 Å². The molecule has 0 radical (unpaired) electrons. The van der Waals surface area contributed by atoms with Crippen LogP contribution in [0, 0.1) is 19.8 Å². The number of rotatable bonds is 7. The van der Waals surface area contributed by atoms with E-state index in [2.05, 4.69) is 39.4 Å². The van der Waals surface area contributed by atoms with Crippen molar-refractivity contribution < 1.29 is 4.42 Å². The molecule has 2 N–H and O–H groups in total. The summed E-state index contributed by atoms with van der Waals surface area (Å²) in [5.74, 6) is 3.22. The molecule has 0 amide bonds. The van der Waals surface area contributed by atoms with E-state index in [-0.39, 0.29) is 24.0 Å². The first-order valence-electron chi connectivity index (χ1n) is 9.26. The first-order valence-corrected chi connectivity index (χ1v) is 9.26. The molecule has 0 saturated carbocycles. The van der Waals surface area contributed by atoms with Crippen molar-refractivity contribution in [2.45, 2.75) is 53.5 Å². The number of hydrogen-bond acceptors (Lipinski definition) is 4. The molecule has 1 saturated heterocycles. The molecular weight excluding hydrogens is 429 g/mol. The van der Waals surface area contributed by atoms with Gasteiger partial charge in [-0.3, -0.25) is 0 Å². The fraction of sp³-hybridized carbons (Fsp3) is 0.778. The lowest BCUT2D eigenvalue weighted by Crippen LogP contribution is -2.40. The smallest absolute Gasteiger partial charge is 0.216 e. The summed E-state index contributed by atoms with van der Waals surface area (Å²) in [6, 6.07) is 0. The van der Waals surface area contributed by atoms with Gasteiger partial charge in [-0.1, -0.05) is 6.92 Å². The average Bonchev–Trinajstić information content (AvgIpc) is 2.87. The van der Waals surface area contributed by atoms with Crippen LogP contribution in [0.5, 0.6) is 0 Å². The summed E-state index contributed by atoms with van der Waals surface area (Å²) in [5, 5.41) is 6.68. The van der Waals surface area contributed by atoms with Crippen molar-refractivity contribution in [2.24, 2.45) is 10.9 Å². The molecule has 1 aromatic heterocycles. The first-order chi connectivity index (χ1) is 11.6. The van der Waals surface area contributed by atoms with Gasteiger partial charge in [0.1, 0.15) is 12.3 Å². The SMILES string of the molecule is CCNC(=NCc1nc(C)c(C)o1)NCCCN1CCCC(C)C1.I. The van der Waals surface area contributed by atoms with Crippen LogP contribution in [0.4, 0.5) is 0 Å². The van der Waals surface area contributed by atoms with Gasteiger partial charge in [-0.05, 0) is 59.0 Å². The van der Waals surface area contributed by atoms with Crippen molar-refractivity contribution in [3.8, 4) is 0 Å². The molecule has 1 atom stereocenters. The number of piperidine rings is 1. The Bertz CT molecular complexity index is 512. The highest BCUT2D eigenvalue weighted by molar-refractivity contribution is 14.0. The average molecular weight is 463 g/mol.